The highest BCUT2D eigenvalue weighted by molar-refractivity contribution is 7.99. The summed E-state index contributed by atoms with van der Waals surface area (Å²) < 4.78 is 7.14. The second kappa shape index (κ2) is 8.66. The van der Waals surface area contributed by atoms with Gasteiger partial charge in [0.15, 0.2) is 0 Å². The Kier molecular flexibility index (Phi) is 5.58. The van der Waals surface area contributed by atoms with Crippen LogP contribution in [0.5, 0.6) is 0 Å². The number of amides is 1. The van der Waals surface area contributed by atoms with E-state index in [4.69, 9.17) is 16.0 Å². The van der Waals surface area contributed by atoms with Gasteiger partial charge in [0.1, 0.15) is 11.8 Å². The van der Waals surface area contributed by atoms with Crippen molar-refractivity contribution < 1.29 is 9.21 Å². The molecule has 1 aromatic carbocycles. The van der Waals surface area contributed by atoms with Crippen molar-refractivity contribution in [3.63, 3.8) is 0 Å². The molecule has 0 spiro atoms. The summed E-state index contributed by atoms with van der Waals surface area (Å²) in [4.78, 5) is 14.2. The number of hydrogen-bond acceptors (Lipinski definition) is 8. The molecule has 0 bridgehead atoms. The number of nitrogens with zero attached hydrogens (tertiary/aromatic N) is 6. The first kappa shape index (κ1) is 20.0. The minimum absolute atomic E-state index is 0.124. The number of rotatable bonds is 6. The van der Waals surface area contributed by atoms with Gasteiger partial charge in [-0.2, -0.15) is 9.78 Å². The van der Waals surface area contributed by atoms with E-state index in [0.717, 1.165) is 16.3 Å². The molecule has 0 radical (unpaired) electrons. The third-order valence-corrected chi connectivity index (χ3v) is 6.72. The van der Waals surface area contributed by atoms with Crippen LogP contribution >= 0.6 is 34.7 Å². The quantitative estimate of drug-likeness (QED) is 0.387. The summed E-state index contributed by atoms with van der Waals surface area (Å²) in [6.45, 7) is 0. The molecule has 0 unspecified atom stereocenters. The number of thiophene rings is 1. The molecular formula is C20H15ClN6O2S2. The van der Waals surface area contributed by atoms with Crippen molar-refractivity contribution in [2.45, 2.75) is 17.6 Å². The number of benzene rings is 1. The van der Waals surface area contributed by atoms with Crippen LogP contribution in [0.15, 0.2) is 74.8 Å². The molecule has 5 rings (SSSR count). The van der Waals surface area contributed by atoms with Crippen molar-refractivity contribution in [1.29, 1.82) is 0 Å². The summed E-state index contributed by atoms with van der Waals surface area (Å²) in [6.07, 6.45) is 2.21. The van der Waals surface area contributed by atoms with Gasteiger partial charge in [-0.15, -0.1) is 16.4 Å². The molecule has 3 aromatic heterocycles. The van der Waals surface area contributed by atoms with Crippen molar-refractivity contribution in [2.24, 2.45) is 5.10 Å². The first-order chi connectivity index (χ1) is 15.2. The molecule has 4 aromatic rings. The maximum Gasteiger partial charge on any atom is 0.253 e. The van der Waals surface area contributed by atoms with Crippen molar-refractivity contribution in [1.82, 2.24) is 25.2 Å². The summed E-state index contributed by atoms with van der Waals surface area (Å²) in [6, 6.07) is 14.6. The Morgan fingerprint density at radius 1 is 1.26 bits per heavy atom. The van der Waals surface area contributed by atoms with E-state index in [1.807, 2.05) is 41.8 Å². The predicted molar refractivity (Wildman–Crippen MR) is 119 cm³/mol. The minimum Gasteiger partial charge on any atom is -0.467 e. The lowest BCUT2D eigenvalue weighted by Crippen LogP contribution is -2.28. The molecule has 0 N–H and O–H groups in total. The predicted octanol–water partition coefficient (Wildman–Crippen LogP) is 4.44. The highest BCUT2D eigenvalue weighted by Crippen LogP contribution is 2.34. The van der Waals surface area contributed by atoms with Crippen LogP contribution in [-0.4, -0.2) is 42.6 Å². The lowest BCUT2D eigenvalue weighted by Gasteiger charge is -2.19. The number of hydrogen-bond donors (Lipinski definition) is 0. The van der Waals surface area contributed by atoms with Gasteiger partial charge < -0.3 is 4.42 Å². The highest BCUT2D eigenvalue weighted by Gasteiger charge is 2.35. The number of thioether (sulfide) groups is 1. The van der Waals surface area contributed by atoms with Crippen LogP contribution in [0.2, 0.25) is 5.02 Å². The number of hydrazone groups is 1. The average molecular weight is 471 g/mol. The van der Waals surface area contributed by atoms with E-state index >= 15 is 0 Å². The third kappa shape index (κ3) is 4.14. The van der Waals surface area contributed by atoms with Crippen molar-refractivity contribution >= 4 is 46.3 Å². The molecule has 8 nitrogen and oxygen atoms in total. The zero-order valence-corrected chi connectivity index (χ0v) is 18.3. The number of furan rings is 1. The molecule has 0 saturated heterocycles. The number of halogens is 1. The Morgan fingerprint density at radius 3 is 2.97 bits per heavy atom. The Hall–Kier alpha value is -2.95. The van der Waals surface area contributed by atoms with Crippen LogP contribution < -0.4 is 0 Å². The van der Waals surface area contributed by atoms with Gasteiger partial charge in [0.05, 0.1) is 28.3 Å². The zero-order valence-electron chi connectivity index (χ0n) is 16.0. The highest BCUT2D eigenvalue weighted by atomic mass is 35.5. The van der Waals surface area contributed by atoms with Crippen LogP contribution in [0.25, 0.3) is 5.69 Å². The SMILES string of the molecule is O=C(CSc1nnnn1-c1cccc(Cl)c1)N1N=C(c2cccs2)C[C@@H]1c1ccco1. The average Bonchev–Trinajstić information content (AvgIpc) is 3.56. The van der Waals surface area contributed by atoms with Crippen LogP contribution in [0, 0.1) is 0 Å². The van der Waals surface area contributed by atoms with Gasteiger partial charge in [0.25, 0.3) is 5.91 Å². The van der Waals surface area contributed by atoms with E-state index in [-0.39, 0.29) is 17.7 Å². The van der Waals surface area contributed by atoms with E-state index in [9.17, 15) is 4.79 Å². The van der Waals surface area contributed by atoms with Crippen LogP contribution in [0.1, 0.15) is 23.1 Å². The molecule has 1 amide bonds. The normalized spacial score (nSPS) is 16.0. The Labute approximate surface area is 190 Å². The van der Waals surface area contributed by atoms with Crippen LogP contribution in [0.4, 0.5) is 0 Å². The lowest BCUT2D eigenvalue weighted by molar-refractivity contribution is -0.130. The Morgan fingerprint density at radius 2 is 2.19 bits per heavy atom. The lowest BCUT2D eigenvalue weighted by atomic mass is 10.1. The molecule has 0 aliphatic carbocycles. The summed E-state index contributed by atoms with van der Waals surface area (Å²) in [5.74, 6) is 0.676. The standard InChI is InChI=1S/C20H15ClN6O2S2/c21-13-4-1-5-14(10-13)26-20(22-24-25-26)31-12-19(28)27-16(17-6-2-8-29-17)11-15(23-27)18-7-3-9-30-18/h1-10,16H,11-12H2/t16-/m1/s1. The summed E-state index contributed by atoms with van der Waals surface area (Å²) in [5, 5.41) is 21.0. The zero-order chi connectivity index (χ0) is 21.2. The number of carbonyl (C=O) groups excluding carboxylic acids is 1. The third-order valence-electron chi connectivity index (χ3n) is 4.66. The molecule has 1 aliphatic rings. The Bertz CT molecular complexity index is 1220. The molecule has 156 valence electrons. The monoisotopic (exact) mass is 470 g/mol. The van der Waals surface area contributed by atoms with Gasteiger partial charge in [-0.05, 0) is 52.2 Å². The summed E-state index contributed by atoms with van der Waals surface area (Å²) >= 11 is 8.92. The van der Waals surface area contributed by atoms with Gasteiger partial charge in [-0.25, -0.2) is 5.01 Å². The largest absolute Gasteiger partial charge is 0.467 e. The molecule has 1 aliphatic heterocycles. The number of carbonyl (C=O) groups is 1. The molecule has 31 heavy (non-hydrogen) atoms. The smallest absolute Gasteiger partial charge is 0.253 e. The summed E-state index contributed by atoms with van der Waals surface area (Å²) in [7, 11) is 0. The molecule has 11 heteroatoms. The van der Waals surface area contributed by atoms with Crippen molar-refractivity contribution in [3.8, 4) is 5.69 Å². The fourth-order valence-corrected chi connectivity index (χ4v) is 4.91. The van der Waals surface area contributed by atoms with E-state index in [0.29, 0.717) is 22.4 Å². The van der Waals surface area contributed by atoms with E-state index in [1.54, 1.807) is 34.4 Å². The number of aromatic nitrogens is 4. The molecule has 0 saturated carbocycles. The van der Waals surface area contributed by atoms with Crippen molar-refractivity contribution in [3.05, 3.63) is 75.8 Å². The van der Waals surface area contributed by atoms with Gasteiger partial charge in [-0.1, -0.05) is 35.5 Å². The number of tetrazole rings is 1. The van der Waals surface area contributed by atoms with E-state index in [2.05, 4.69) is 20.6 Å². The summed E-state index contributed by atoms with van der Waals surface area (Å²) in [5.41, 5.74) is 1.60. The molecule has 1 atom stereocenters. The fraction of sp³-hybridized carbons (Fsp3) is 0.150. The van der Waals surface area contributed by atoms with E-state index < -0.39 is 0 Å². The van der Waals surface area contributed by atoms with Gasteiger partial charge in [-0.3, -0.25) is 4.79 Å². The maximum absolute atomic E-state index is 13.1. The Balaban J connectivity index is 1.35. The maximum atomic E-state index is 13.1. The molecular weight excluding hydrogens is 456 g/mol. The first-order valence-corrected chi connectivity index (χ1v) is 11.6. The second-order valence-corrected chi connectivity index (χ2v) is 8.97. The minimum atomic E-state index is -0.274. The fourth-order valence-electron chi connectivity index (χ4n) is 3.27. The molecule has 4 heterocycles. The van der Waals surface area contributed by atoms with Crippen molar-refractivity contribution in [2.75, 3.05) is 5.75 Å². The van der Waals surface area contributed by atoms with Gasteiger partial charge in [0.2, 0.25) is 5.16 Å². The second-order valence-electron chi connectivity index (χ2n) is 6.64. The van der Waals surface area contributed by atoms with Gasteiger partial charge >= 0.3 is 0 Å². The van der Waals surface area contributed by atoms with E-state index in [1.165, 1.54) is 16.8 Å². The topological polar surface area (TPSA) is 89.4 Å². The molecule has 0 fully saturated rings. The van der Waals surface area contributed by atoms with Gasteiger partial charge in [0, 0.05) is 11.4 Å². The van der Waals surface area contributed by atoms with Crippen LogP contribution in [-0.2, 0) is 4.79 Å². The first-order valence-electron chi connectivity index (χ1n) is 9.33. The van der Waals surface area contributed by atoms with Crippen LogP contribution in [0.3, 0.4) is 0 Å².